The second kappa shape index (κ2) is 4.55. The molecule has 1 saturated heterocycles. The van der Waals surface area contributed by atoms with E-state index in [2.05, 4.69) is 24.4 Å². The first-order valence-corrected chi connectivity index (χ1v) is 7.27. The maximum atomic E-state index is 11.4. The molecule has 2 rings (SSSR count). The Morgan fingerprint density at radius 2 is 2.50 bits per heavy atom. The number of hydrogen-bond acceptors (Lipinski definition) is 3. The van der Waals surface area contributed by atoms with Crippen molar-refractivity contribution in [2.75, 3.05) is 18.1 Å². The number of nitrogens with one attached hydrogen (secondary N) is 1. The summed E-state index contributed by atoms with van der Waals surface area (Å²) in [5, 5.41) is 3.42. The van der Waals surface area contributed by atoms with Crippen LogP contribution in [0.2, 0.25) is 0 Å². The van der Waals surface area contributed by atoms with Crippen molar-refractivity contribution >= 4 is 22.1 Å². The average Bonchev–Trinajstić information content (AvgIpc) is 2.66. The van der Waals surface area contributed by atoms with E-state index in [-0.39, 0.29) is 0 Å². The molecule has 2 atom stereocenters. The highest BCUT2D eigenvalue weighted by Gasteiger charge is 2.20. The fourth-order valence-corrected chi connectivity index (χ4v) is 3.94. The monoisotopic (exact) mass is 229 g/mol. The summed E-state index contributed by atoms with van der Waals surface area (Å²) in [7, 11) is -0.619. The largest absolute Gasteiger partial charge is 0.308 e. The molecule has 0 aliphatic carbocycles. The summed E-state index contributed by atoms with van der Waals surface area (Å²) in [6, 6.07) is 4.68. The van der Waals surface area contributed by atoms with Gasteiger partial charge in [-0.05, 0) is 18.6 Å². The fourth-order valence-electron chi connectivity index (χ4n) is 1.63. The van der Waals surface area contributed by atoms with Gasteiger partial charge in [0.05, 0.1) is 6.04 Å². The Labute approximate surface area is 91.2 Å². The third-order valence-corrected chi connectivity index (χ3v) is 5.16. The average molecular weight is 229 g/mol. The summed E-state index contributed by atoms with van der Waals surface area (Å²) < 4.78 is 11.4. The van der Waals surface area contributed by atoms with Crippen LogP contribution < -0.4 is 5.32 Å². The van der Waals surface area contributed by atoms with E-state index in [1.54, 1.807) is 0 Å². The van der Waals surface area contributed by atoms with E-state index in [0.717, 1.165) is 24.5 Å². The van der Waals surface area contributed by atoms with Gasteiger partial charge in [-0.15, -0.1) is 11.3 Å². The lowest BCUT2D eigenvalue weighted by atomic mass is 10.2. The molecular formula is C10H15NOS2. The maximum absolute atomic E-state index is 11.4. The predicted octanol–water partition coefficient (Wildman–Crippen LogP) is 1.70. The highest BCUT2D eigenvalue weighted by Crippen LogP contribution is 2.25. The lowest BCUT2D eigenvalue weighted by Crippen LogP contribution is -2.35. The predicted molar refractivity (Wildman–Crippen MR) is 62.3 cm³/mol. The zero-order valence-corrected chi connectivity index (χ0v) is 9.92. The quantitative estimate of drug-likeness (QED) is 0.836. The molecule has 0 bridgehead atoms. The third-order valence-electron chi connectivity index (χ3n) is 2.45. The summed E-state index contributed by atoms with van der Waals surface area (Å²) >= 11 is 1.84. The molecule has 0 aromatic carbocycles. The van der Waals surface area contributed by atoms with Gasteiger partial charge in [0, 0.05) is 38.6 Å². The van der Waals surface area contributed by atoms with E-state index < -0.39 is 10.8 Å². The Morgan fingerprint density at radius 1 is 1.64 bits per heavy atom. The SMILES string of the molecule is CCc1ccc(C2CS(=O)CCN2)s1. The van der Waals surface area contributed by atoms with Crippen molar-refractivity contribution in [2.24, 2.45) is 0 Å². The molecular weight excluding hydrogens is 214 g/mol. The minimum atomic E-state index is -0.619. The molecule has 1 aromatic rings. The van der Waals surface area contributed by atoms with Crippen LogP contribution in [-0.4, -0.2) is 22.3 Å². The molecule has 78 valence electrons. The number of thiophene rings is 1. The molecule has 1 N–H and O–H groups in total. The molecule has 2 nitrogen and oxygen atoms in total. The smallest absolute Gasteiger partial charge is 0.0532 e. The fraction of sp³-hybridized carbons (Fsp3) is 0.600. The van der Waals surface area contributed by atoms with Crippen LogP contribution in [-0.2, 0) is 17.2 Å². The Bertz CT molecular complexity index is 335. The summed E-state index contributed by atoms with van der Waals surface area (Å²) in [4.78, 5) is 2.76. The van der Waals surface area contributed by atoms with E-state index in [0.29, 0.717) is 6.04 Å². The van der Waals surface area contributed by atoms with Crippen molar-refractivity contribution in [2.45, 2.75) is 19.4 Å². The minimum Gasteiger partial charge on any atom is -0.308 e. The van der Waals surface area contributed by atoms with Crippen molar-refractivity contribution < 1.29 is 4.21 Å². The normalized spacial score (nSPS) is 27.8. The zero-order chi connectivity index (χ0) is 9.97. The molecule has 0 amide bonds. The highest BCUT2D eigenvalue weighted by molar-refractivity contribution is 7.85. The van der Waals surface area contributed by atoms with Crippen LogP contribution in [0.1, 0.15) is 22.7 Å². The Hall–Kier alpha value is -0.190. The second-order valence-corrected chi connectivity index (χ2v) is 6.30. The van der Waals surface area contributed by atoms with Crippen molar-refractivity contribution in [3.05, 3.63) is 21.9 Å². The van der Waals surface area contributed by atoms with Gasteiger partial charge in [-0.1, -0.05) is 6.92 Å². The molecule has 1 aliphatic rings. The van der Waals surface area contributed by atoms with E-state index in [4.69, 9.17) is 0 Å². The van der Waals surface area contributed by atoms with Gasteiger partial charge in [0.1, 0.15) is 0 Å². The highest BCUT2D eigenvalue weighted by atomic mass is 32.2. The molecule has 4 heteroatoms. The van der Waals surface area contributed by atoms with Crippen LogP contribution in [0.5, 0.6) is 0 Å². The first-order valence-electron chi connectivity index (χ1n) is 4.96. The molecule has 0 radical (unpaired) electrons. The Morgan fingerprint density at radius 3 is 3.14 bits per heavy atom. The van der Waals surface area contributed by atoms with Gasteiger partial charge >= 0.3 is 0 Å². The lowest BCUT2D eigenvalue weighted by Gasteiger charge is -2.21. The molecule has 2 heterocycles. The summed E-state index contributed by atoms with van der Waals surface area (Å²) in [5.41, 5.74) is 0. The Balaban J connectivity index is 2.09. The molecule has 14 heavy (non-hydrogen) atoms. The topological polar surface area (TPSA) is 29.1 Å². The molecule has 0 saturated carbocycles. The maximum Gasteiger partial charge on any atom is 0.0532 e. The van der Waals surface area contributed by atoms with Crippen molar-refractivity contribution in [3.63, 3.8) is 0 Å². The summed E-state index contributed by atoms with van der Waals surface area (Å²) in [5.74, 6) is 1.59. The molecule has 1 aromatic heterocycles. The van der Waals surface area contributed by atoms with Gasteiger partial charge in [0.2, 0.25) is 0 Å². The van der Waals surface area contributed by atoms with E-state index in [9.17, 15) is 4.21 Å². The zero-order valence-electron chi connectivity index (χ0n) is 8.29. The first-order chi connectivity index (χ1) is 6.79. The van der Waals surface area contributed by atoms with Crippen LogP contribution in [0.4, 0.5) is 0 Å². The second-order valence-electron chi connectivity index (χ2n) is 3.47. The standard InChI is InChI=1S/C10H15NOS2/c1-2-8-3-4-10(13-8)9-7-14(12)6-5-11-9/h3-4,9,11H,2,5-7H2,1H3. The van der Waals surface area contributed by atoms with E-state index in [1.165, 1.54) is 9.75 Å². The number of rotatable bonds is 2. The molecule has 1 aliphatic heterocycles. The van der Waals surface area contributed by atoms with E-state index >= 15 is 0 Å². The molecule has 0 spiro atoms. The van der Waals surface area contributed by atoms with Gasteiger partial charge in [-0.3, -0.25) is 4.21 Å². The summed E-state index contributed by atoms with van der Waals surface area (Å²) in [6.45, 7) is 3.05. The van der Waals surface area contributed by atoms with Crippen LogP contribution in [0.3, 0.4) is 0 Å². The van der Waals surface area contributed by atoms with Crippen LogP contribution in [0, 0.1) is 0 Å². The minimum absolute atomic E-state index is 0.329. The molecule has 1 fully saturated rings. The summed E-state index contributed by atoms with van der Waals surface area (Å²) in [6.07, 6.45) is 1.10. The van der Waals surface area contributed by atoms with Crippen LogP contribution in [0.25, 0.3) is 0 Å². The van der Waals surface area contributed by atoms with Gasteiger partial charge in [0.25, 0.3) is 0 Å². The number of aryl methyl sites for hydroxylation is 1. The lowest BCUT2D eigenvalue weighted by molar-refractivity contribution is 0.579. The van der Waals surface area contributed by atoms with Crippen molar-refractivity contribution in [1.29, 1.82) is 0 Å². The molecule has 2 unspecified atom stereocenters. The van der Waals surface area contributed by atoms with Gasteiger partial charge < -0.3 is 5.32 Å². The van der Waals surface area contributed by atoms with Crippen LogP contribution >= 0.6 is 11.3 Å². The van der Waals surface area contributed by atoms with Gasteiger partial charge in [-0.25, -0.2) is 0 Å². The van der Waals surface area contributed by atoms with Crippen molar-refractivity contribution in [3.8, 4) is 0 Å². The van der Waals surface area contributed by atoms with Gasteiger partial charge in [-0.2, -0.15) is 0 Å². The third kappa shape index (κ3) is 2.24. The van der Waals surface area contributed by atoms with E-state index in [1.807, 2.05) is 11.3 Å². The van der Waals surface area contributed by atoms with Crippen LogP contribution in [0.15, 0.2) is 12.1 Å². The Kier molecular flexibility index (Phi) is 3.36. The number of hydrogen-bond donors (Lipinski definition) is 1. The van der Waals surface area contributed by atoms with Crippen molar-refractivity contribution in [1.82, 2.24) is 5.32 Å². The van der Waals surface area contributed by atoms with Gasteiger partial charge in [0.15, 0.2) is 0 Å². The first kappa shape index (κ1) is 10.3.